The molecule has 4 aromatic heterocycles. The molecule has 34 heavy (non-hydrogen) atoms. The topological polar surface area (TPSA) is 121 Å². The van der Waals surface area contributed by atoms with E-state index in [1.165, 1.54) is 10.7 Å². The van der Waals surface area contributed by atoms with Crippen LogP contribution in [-0.4, -0.2) is 36.4 Å². The van der Waals surface area contributed by atoms with Crippen molar-refractivity contribution in [1.82, 2.24) is 24.5 Å². The Balaban J connectivity index is 1.99. The molecule has 0 spiro atoms. The van der Waals surface area contributed by atoms with Crippen molar-refractivity contribution in [2.45, 2.75) is 33.7 Å². The zero-order valence-corrected chi connectivity index (χ0v) is 21.0. The molecule has 4 rings (SSSR count). The molecule has 0 atom stereocenters. The molecule has 0 aromatic carbocycles. The Morgan fingerprint density at radius 3 is 2.50 bits per heavy atom. The van der Waals surface area contributed by atoms with Gasteiger partial charge in [-0.15, -0.1) is 11.3 Å². The number of hydrogen-bond acceptors (Lipinski definition) is 6. The van der Waals surface area contributed by atoms with Crippen LogP contribution in [-0.2, 0) is 13.6 Å². The summed E-state index contributed by atoms with van der Waals surface area (Å²) in [5, 5.41) is 11.6. The summed E-state index contributed by atoms with van der Waals surface area (Å²) >= 11 is 4.20. The lowest BCUT2D eigenvalue weighted by Crippen LogP contribution is -2.17. The second kappa shape index (κ2) is 8.87. The summed E-state index contributed by atoms with van der Waals surface area (Å²) in [6.07, 6.45) is -1.27. The molecule has 2 amide bonds. The van der Waals surface area contributed by atoms with Gasteiger partial charge in [-0.05, 0) is 48.3 Å². The number of nitrogens with two attached hydrogens (primary N) is 1. The van der Waals surface area contributed by atoms with Crippen molar-refractivity contribution < 1.29 is 18.4 Å². The minimum atomic E-state index is -2.84. The van der Waals surface area contributed by atoms with Gasteiger partial charge in [0, 0.05) is 30.2 Å². The van der Waals surface area contributed by atoms with Crippen LogP contribution in [0.4, 0.5) is 14.5 Å². The molecular weight excluding hydrogens is 532 g/mol. The summed E-state index contributed by atoms with van der Waals surface area (Å²) in [5.74, 6) is -1.41. The maximum atomic E-state index is 13.7. The van der Waals surface area contributed by atoms with Crippen LogP contribution in [0.2, 0.25) is 0 Å². The van der Waals surface area contributed by atoms with E-state index in [9.17, 15) is 18.4 Å². The molecule has 0 saturated heterocycles. The summed E-state index contributed by atoms with van der Waals surface area (Å²) in [6, 6.07) is 1.25. The summed E-state index contributed by atoms with van der Waals surface area (Å²) in [4.78, 5) is 29.6. The summed E-state index contributed by atoms with van der Waals surface area (Å²) in [5.41, 5.74) is 7.74. The number of carbonyl (C=O) groups excluding carboxylic acids is 2. The van der Waals surface area contributed by atoms with Crippen molar-refractivity contribution in [2.75, 3.05) is 5.32 Å². The highest BCUT2D eigenvalue weighted by Gasteiger charge is 2.27. The third-order valence-electron chi connectivity index (χ3n) is 5.54. The first-order chi connectivity index (χ1) is 16.0. The second-order valence-electron chi connectivity index (χ2n) is 7.53. The first-order valence-corrected chi connectivity index (χ1v) is 11.7. The number of primary amides is 1. The molecule has 0 fully saturated rings. The maximum absolute atomic E-state index is 13.7. The van der Waals surface area contributed by atoms with Gasteiger partial charge in [-0.1, -0.05) is 0 Å². The number of amides is 2. The number of halogens is 3. The fourth-order valence-corrected chi connectivity index (χ4v) is 5.19. The number of hydrogen-bond donors (Lipinski definition) is 2. The van der Waals surface area contributed by atoms with Gasteiger partial charge in [0.15, 0.2) is 5.69 Å². The van der Waals surface area contributed by atoms with E-state index in [-0.39, 0.29) is 21.1 Å². The van der Waals surface area contributed by atoms with E-state index >= 15 is 0 Å². The molecule has 0 radical (unpaired) electrons. The van der Waals surface area contributed by atoms with Gasteiger partial charge in [0.2, 0.25) is 0 Å². The lowest BCUT2D eigenvalue weighted by atomic mass is 10.0. The zero-order valence-electron chi connectivity index (χ0n) is 18.6. The molecule has 3 N–H and O–H groups in total. The van der Waals surface area contributed by atoms with Gasteiger partial charge in [0.05, 0.1) is 22.1 Å². The summed E-state index contributed by atoms with van der Waals surface area (Å²) in [6.45, 7) is 6.08. The number of alkyl halides is 2. The van der Waals surface area contributed by atoms with Gasteiger partial charge in [-0.2, -0.15) is 10.2 Å². The molecular formula is C21H20BrF2N7O2S. The normalized spacial score (nSPS) is 11.5. The Labute approximate surface area is 205 Å². The fourth-order valence-electron chi connectivity index (χ4n) is 3.66. The van der Waals surface area contributed by atoms with Gasteiger partial charge in [0.1, 0.15) is 15.4 Å². The van der Waals surface area contributed by atoms with Crippen LogP contribution in [0.1, 0.15) is 50.6 Å². The van der Waals surface area contributed by atoms with Crippen molar-refractivity contribution >= 4 is 55.0 Å². The molecule has 4 aromatic rings. The smallest absolute Gasteiger partial charge is 0.280 e. The number of fused-ring (bicyclic) bond motifs is 1. The fraction of sp³-hybridized carbons (Fsp3) is 0.286. The number of thiophene rings is 1. The number of nitrogens with one attached hydrogen (secondary N) is 1. The molecule has 0 aliphatic carbocycles. The minimum absolute atomic E-state index is 0.00664. The Hall–Kier alpha value is -3.19. The van der Waals surface area contributed by atoms with Gasteiger partial charge >= 0.3 is 0 Å². The van der Waals surface area contributed by atoms with Gasteiger partial charge < -0.3 is 11.1 Å². The number of aromatic nitrogens is 5. The van der Waals surface area contributed by atoms with Crippen LogP contribution >= 0.6 is 27.3 Å². The van der Waals surface area contributed by atoms with E-state index in [0.29, 0.717) is 27.5 Å². The number of aryl methyl sites for hydroxylation is 2. The molecule has 0 saturated carbocycles. The first-order valence-electron chi connectivity index (χ1n) is 10.1. The quantitative estimate of drug-likeness (QED) is 0.363. The van der Waals surface area contributed by atoms with Crippen LogP contribution in [0.25, 0.3) is 21.3 Å². The Bertz CT molecular complexity index is 1460. The predicted molar refractivity (Wildman–Crippen MR) is 128 cm³/mol. The number of rotatable bonds is 6. The van der Waals surface area contributed by atoms with E-state index in [0.717, 1.165) is 22.7 Å². The van der Waals surface area contributed by atoms with Crippen LogP contribution in [0, 0.1) is 13.8 Å². The Morgan fingerprint density at radius 2 is 1.97 bits per heavy atom. The predicted octanol–water partition coefficient (Wildman–Crippen LogP) is 4.58. The van der Waals surface area contributed by atoms with E-state index < -0.39 is 23.9 Å². The molecule has 178 valence electrons. The molecule has 0 aliphatic heterocycles. The van der Waals surface area contributed by atoms with Crippen LogP contribution < -0.4 is 11.1 Å². The average Bonchev–Trinajstić information content (AvgIpc) is 3.42. The van der Waals surface area contributed by atoms with Crippen LogP contribution in [0.5, 0.6) is 0 Å². The van der Waals surface area contributed by atoms with E-state index in [4.69, 9.17) is 5.73 Å². The van der Waals surface area contributed by atoms with Crippen molar-refractivity contribution in [3.05, 3.63) is 44.4 Å². The first kappa shape index (κ1) is 24.0. The van der Waals surface area contributed by atoms with Crippen molar-refractivity contribution in [2.24, 2.45) is 12.8 Å². The number of carbonyl (C=O) groups is 2. The molecule has 0 bridgehead atoms. The highest BCUT2D eigenvalue weighted by atomic mass is 79.9. The van der Waals surface area contributed by atoms with Crippen molar-refractivity contribution in [3.8, 4) is 11.1 Å². The molecule has 4 heterocycles. The van der Waals surface area contributed by atoms with E-state index in [1.807, 2.05) is 13.8 Å². The van der Waals surface area contributed by atoms with E-state index in [1.54, 1.807) is 24.9 Å². The molecule has 9 nitrogen and oxygen atoms in total. The monoisotopic (exact) mass is 551 g/mol. The lowest BCUT2D eigenvalue weighted by molar-refractivity contribution is 0.100. The number of anilines is 1. The standard InChI is InChI=1S/C21H20BrF2N7O2S/c1-5-31-8(2)11(7-26-31)10-6-12(18(23)24)27-21-13(10)15(17(34-21)19(25)32)28-20(33)16-14(22)9(3)30(4)29-16/h6-7,18H,5H2,1-4H3,(H2,25,32)(H,28,33). The van der Waals surface area contributed by atoms with Crippen LogP contribution in [0.15, 0.2) is 16.7 Å². The van der Waals surface area contributed by atoms with Crippen molar-refractivity contribution in [3.63, 3.8) is 0 Å². The minimum Gasteiger partial charge on any atom is -0.365 e. The third kappa shape index (κ3) is 3.88. The van der Waals surface area contributed by atoms with Gasteiger partial charge in [-0.25, -0.2) is 13.8 Å². The highest BCUT2D eigenvalue weighted by molar-refractivity contribution is 9.10. The SMILES string of the molecule is CCn1ncc(-c2cc(C(F)F)nc3sc(C(N)=O)c(NC(=O)c4nn(C)c(C)c4Br)c23)c1C. The Morgan fingerprint density at radius 1 is 1.26 bits per heavy atom. The Kier molecular flexibility index (Phi) is 6.25. The molecule has 13 heteroatoms. The van der Waals surface area contributed by atoms with Crippen LogP contribution in [0.3, 0.4) is 0 Å². The van der Waals surface area contributed by atoms with Gasteiger partial charge in [0.25, 0.3) is 18.2 Å². The molecule has 0 unspecified atom stereocenters. The summed E-state index contributed by atoms with van der Waals surface area (Å²) in [7, 11) is 1.69. The third-order valence-corrected chi connectivity index (χ3v) is 7.58. The maximum Gasteiger partial charge on any atom is 0.280 e. The molecule has 0 aliphatic rings. The van der Waals surface area contributed by atoms with Crippen molar-refractivity contribution in [1.29, 1.82) is 0 Å². The second-order valence-corrected chi connectivity index (χ2v) is 9.32. The number of nitrogens with zero attached hydrogens (tertiary/aromatic N) is 5. The highest BCUT2D eigenvalue weighted by Crippen LogP contribution is 2.43. The zero-order chi connectivity index (χ0) is 24.9. The summed E-state index contributed by atoms with van der Waals surface area (Å²) < 4.78 is 31.1. The van der Waals surface area contributed by atoms with E-state index in [2.05, 4.69) is 36.4 Å². The largest absolute Gasteiger partial charge is 0.365 e. The lowest BCUT2D eigenvalue weighted by Gasteiger charge is -2.10. The number of pyridine rings is 1. The van der Waals surface area contributed by atoms with Gasteiger partial charge in [-0.3, -0.25) is 19.0 Å². The average molecular weight is 552 g/mol.